The number of allylic oxidation sites excluding steroid dienone is 1. The summed E-state index contributed by atoms with van der Waals surface area (Å²) in [6.45, 7) is 7.11. The van der Waals surface area contributed by atoms with E-state index in [2.05, 4.69) is 49.8 Å². The van der Waals surface area contributed by atoms with Crippen molar-refractivity contribution >= 4 is 23.4 Å². The molecule has 140 valence electrons. The summed E-state index contributed by atoms with van der Waals surface area (Å²) in [5, 5.41) is 0. The average Bonchev–Trinajstić information content (AvgIpc) is 2.86. The van der Waals surface area contributed by atoms with Gasteiger partial charge in [-0.2, -0.15) is 4.58 Å². The van der Waals surface area contributed by atoms with Crippen LogP contribution in [-0.4, -0.2) is 37.0 Å². The quantitative estimate of drug-likeness (QED) is 0.575. The molecule has 0 saturated heterocycles. The van der Waals surface area contributed by atoms with E-state index in [4.69, 9.17) is 9.47 Å². The number of rotatable bonds is 5. The van der Waals surface area contributed by atoms with Crippen molar-refractivity contribution < 1.29 is 18.8 Å². The Morgan fingerprint density at radius 3 is 2.44 bits per heavy atom. The first-order chi connectivity index (χ1) is 12.9. The first-order valence-corrected chi connectivity index (χ1v) is 9.13. The Labute approximate surface area is 160 Å². The molecule has 4 nitrogen and oxygen atoms in total. The summed E-state index contributed by atoms with van der Waals surface area (Å²) in [7, 11) is 3.48. The molecule has 0 amide bonds. The standard InChI is InChI=1S/C23H26NO3/c1-6-27-18-12-13-20-19(15-18)23(2,3)21(24(20)4)14-9-16-7-10-17(11-8-16)22(25)26-5/h7-15H,6H2,1-5H3/q+1. The van der Waals surface area contributed by atoms with Gasteiger partial charge in [0, 0.05) is 17.7 Å². The predicted octanol–water partition coefficient (Wildman–Crippen LogP) is 4.59. The van der Waals surface area contributed by atoms with Gasteiger partial charge in [0.1, 0.15) is 12.8 Å². The SMILES string of the molecule is CCOc1ccc2c(c1)C(C)(C)C(C=Cc1ccc(C(=O)OC)cc1)=[N+]2C. The number of methoxy groups -OCH3 is 1. The van der Waals surface area contributed by atoms with Gasteiger partial charge in [0.2, 0.25) is 5.69 Å². The summed E-state index contributed by atoms with van der Waals surface area (Å²) in [4.78, 5) is 11.6. The van der Waals surface area contributed by atoms with Gasteiger partial charge in [-0.25, -0.2) is 4.79 Å². The Bertz CT molecular complexity index is 921. The molecule has 4 heteroatoms. The average molecular weight is 364 g/mol. The van der Waals surface area contributed by atoms with Crippen LogP contribution in [0.3, 0.4) is 0 Å². The monoisotopic (exact) mass is 364 g/mol. The number of hydrogen-bond acceptors (Lipinski definition) is 3. The molecule has 0 unspecified atom stereocenters. The van der Waals surface area contributed by atoms with Gasteiger partial charge in [-0.15, -0.1) is 0 Å². The van der Waals surface area contributed by atoms with Crippen molar-refractivity contribution in [2.45, 2.75) is 26.2 Å². The van der Waals surface area contributed by atoms with Crippen LogP contribution in [0.5, 0.6) is 5.75 Å². The summed E-state index contributed by atoms with van der Waals surface area (Å²) in [5.74, 6) is 0.582. The number of benzene rings is 2. The first kappa shape index (κ1) is 18.9. The zero-order chi connectivity index (χ0) is 19.6. The van der Waals surface area contributed by atoms with Crippen LogP contribution < -0.4 is 4.74 Å². The van der Waals surface area contributed by atoms with E-state index in [9.17, 15) is 4.79 Å². The molecule has 1 aliphatic rings. The molecular weight excluding hydrogens is 338 g/mol. The molecule has 2 aromatic rings. The van der Waals surface area contributed by atoms with Gasteiger partial charge in [0.05, 0.1) is 24.7 Å². The maximum atomic E-state index is 11.6. The second kappa shape index (κ2) is 7.39. The fraction of sp³-hybridized carbons (Fsp3) is 0.304. The summed E-state index contributed by atoms with van der Waals surface area (Å²) < 4.78 is 12.7. The fourth-order valence-electron chi connectivity index (χ4n) is 3.60. The molecule has 1 heterocycles. The third kappa shape index (κ3) is 3.52. The van der Waals surface area contributed by atoms with Crippen LogP contribution in [0.1, 0.15) is 42.3 Å². The molecule has 0 N–H and O–H groups in total. The van der Waals surface area contributed by atoms with E-state index < -0.39 is 0 Å². The molecular formula is C23H26NO3+. The topological polar surface area (TPSA) is 38.5 Å². The van der Waals surface area contributed by atoms with Crippen LogP contribution in [0.25, 0.3) is 6.08 Å². The lowest BCUT2D eigenvalue weighted by molar-refractivity contribution is -0.401. The highest BCUT2D eigenvalue weighted by Crippen LogP contribution is 2.41. The van der Waals surface area contributed by atoms with E-state index in [-0.39, 0.29) is 11.4 Å². The van der Waals surface area contributed by atoms with Crippen LogP contribution in [0.15, 0.2) is 48.5 Å². The Morgan fingerprint density at radius 2 is 1.81 bits per heavy atom. The van der Waals surface area contributed by atoms with Crippen LogP contribution in [0, 0.1) is 0 Å². The van der Waals surface area contributed by atoms with Crippen molar-refractivity contribution in [2.24, 2.45) is 0 Å². The van der Waals surface area contributed by atoms with Crippen molar-refractivity contribution in [3.8, 4) is 5.75 Å². The van der Waals surface area contributed by atoms with Crippen LogP contribution in [-0.2, 0) is 10.2 Å². The van der Waals surface area contributed by atoms with Gasteiger partial charge >= 0.3 is 5.97 Å². The molecule has 0 atom stereocenters. The van der Waals surface area contributed by atoms with E-state index >= 15 is 0 Å². The number of hydrogen-bond donors (Lipinski definition) is 0. The van der Waals surface area contributed by atoms with Crippen LogP contribution in [0.2, 0.25) is 0 Å². The molecule has 0 spiro atoms. The van der Waals surface area contributed by atoms with E-state index in [1.165, 1.54) is 24.1 Å². The molecule has 0 fully saturated rings. The summed E-state index contributed by atoms with van der Waals surface area (Å²) >= 11 is 0. The zero-order valence-corrected chi connectivity index (χ0v) is 16.6. The second-order valence-corrected chi connectivity index (χ2v) is 7.13. The zero-order valence-electron chi connectivity index (χ0n) is 16.6. The summed E-state index contributed by atoms with van der Waals surface area (Å²) in [6, 6.07) is 13.7. The minimum atomic E-state index is -0.322. The van der Waals surface area contributed by atoms with Gasteiger partial charge in [-0.3, -0.25) is 0 Å². The van der Waals surface area contributed by atoms with E-state index in [1.807, 2.05) is 25.1 Å². The van der Waals surface area contributed by atoms with Gasteiger partial charge in [0.15, 0.2) is 5.71 Å². The summed E-state index contributed by atoms with van der Waals surface area (Å²) in [6.07, 6.45) is 4.22. The van der Waals surface area contributed by atoms with Crippen LogP contribution >= 0.6 is 0 Å². The Hall–Kier alpha value is -2.88. The molecule has 27 heavy (non-hydrogen) atoms. The third-order valence-electron chi connectivity index (χ3n) is 5.08. The molecule has 0 radical (unpaired) electrons. The predicted molar refractivity (Wildman–Crippen MR) is 108 cm³/mol. The number of carbonyl (C=O) groups is 1. The fourth-order valence-corrected chi connectivity index (χ4v) is 3.60. The van der Waals surface area contributed by atoms with Crippen LogP contribution in [0.4, 0.5) is 5.69 Å². The van der Waals surface area contributed by atoms with Gasteiger partial charge in [-0.1, -0.05) is 12.1 Å². The van der Waals surface area contributed by atoms with Crippen molar-refractivity contribution in [3.05, 3.63) is 65.2 Å². The van der Waals surface area contributed by atoms with Crippen molar-refractivity contribution in [1.82, 2.24) is 0 Å². The molecule has 3 rings (SSSR count). The van der Waals surface area contributed by atoms with Gasteiger partial charge < -0.3 is 9.47 Å². The number of fused-ring (bicyclic) bond motifs is 1. The number of carbonyl (C=O) groups excluding carboxylic acids is 1. The maximum Gasteiger partial charge on any atom is 0.337 e. The molecule has 0 saturated carbocycles. The highest BCUT2D eigenvalue weighted by Gasteiger charge is 2.43. The smallest absolute Gasteiger partial charge is 0.337 e. The highest BCUT2D eigenvalue weighted by molar-refractivity contribution is 6.05. The highest BCUT2D eigenvalue weighted by atomic mass is 16.5. The normalized spacial score (nSPS) is 15.1. The second-order valence-electron chi connectivity index (χ2n) is 7.13. The lowest BCUT2D eigenvalue weighted by Crippen LogP contribution is -2.26. The Kier molecular flexibility index (Phi) is 5.17. The van der Waals surface area contributed by atoms with E-state index in [0.717, 1.165) is 11.3 Å². The third-order valence-corrected chi connectivity index (χ3v) is 5.08. The van der Waals surface area contributed by atoms with Crippen molar-refractivity contribution in [2.75, 3.05) is 20.8 Å². The minimum absolute atomic E-state index is 0.125. The molecule has 0 aliphatic carbocycles. The lowest BCUT2D eigenvalue weighted by Gasteiger charge is -2.16. The lowest BCUT2D eigenvalue weighted by atomic mass is 9.81. The molecule has 1 aliphatic heterocycles. The van der Waals surface area contributed by atoms with Crippen molar-refractivity contribution in [3.63, 3.8) is 0 Å². The molecule has 2 aromatic carbocycles. The molecule has 0 aromatic heterocycles. The maximum absolute atomic E-state index is 11.6. The van der Waals surface area contributed by atoms with E-state index in [0.29, 0.717) is 12.2 Å². The Balaban J connectivity index is 1.89. The number of esters is 1. The minimum Gasteiger partial charge on any atom is -0.494 e. The van der Waals surface area contributed by atoms with E-state index in [1.54, 1.807) is 12.1 Å². The van der Waals surface area contributed by atoms with Crippen molar-refractivity contribution in [1.29, 1.82) is 0 Å². The van der Waals surface area contributed by atoms with Gasteiger partial charge in [0.25, 0.3) is 0 Å². The Morgan fingerprint density at radius 1 is 1.11 bits per heavy atom. The largest absolute Gasteiger partial charge is 0.494 e. The van der Waals surface area contributed by atoms with Gasteiger partial charge in [-0.05, 0) is 56.7 Å². The summed E-state index contributed by atoms with van der Waals surface area (Å²) in [5.41, 5.74) is 5.13. The number of nitrogens with zero attached hydrogens (tertiary/aromatic N) is 1. The first-order valence-electron chi connectivity index (χ1n) is 9.13. The molecule has 0 bridgehead atoms. The number of ether oxygens (including phenoxy) is 2.